The van der Waals surface area contributed by atoms with Crippen molar-refractivity contribution in [3.05, 3.63) is 58.3 Å². The van der Waals surface area contributed by atoms with Crippen LogP contribution in [0.1, 0.15) is 24.3 Å². The van der Waals surface area contributed by atoms with Crippen LogP contribution in [-0.2, 0) is 11.8 Å². The number of benzene rings is 1. The van der Waals surface area contributed by atoms with Crippen LogP contribution in [-0.4, -0.2) is 13.1 Å². The van der Waals surface area contributed by atoms with Crippen LogP contribution in [0.4, 0.5) is 0 Å². The summed E-state index contributed by atoms with van der Waals surface area (Å²) in [6.07, 6.45) is 1.13. The summed E-state index contributed by atoms with van der Waals surface area (Å²) in [5.74, 6) is 0. The summed E-state index contributed by atoms with van der Waals surface area (Å²) in [6, 6.07) is 15.0. The summed E-state index contributed by atoms with van der Waals surface area (Å²) in [5, 5.41) is 5.71. The van der Waals surface area contributed by atoms with E-state index in [0.29, 0.717) is 0 Å². The summed E-state index contributed by atoms with van der Waals surface area (Å²) in [4.78, 5) is 1.46. The monoisotopic (exact) mass is 259 g/mol. The van der Waals surface area contributed by atoms with Crippen molar-refractivity contribution < 1.29 is 0 Å². The molecule has 0 aliphatic heterocycles. The third-order valence-corrected chi connectivity index (χ3v) is 4.19. The highest BCUT2D eigenvalue weighted by Crippen LogP contribution is 2.21. The number of thiophene rings is 1. The van der Waals surface area contributed by atoms with E-state index < -0.39 is 0 Å². The molecule has 1 aromatic heterocycles. The molecular weight excluding hydrogens is 238 g/mol. The molecule has 1 heterocycles. The Balaban J connectivity index is 1.79. The Morgan fingerprint density at radius 2 is 1.83 bits per heavy atom. The van der Waals surface area contributed by atoms with Gasteiger partial charge in [-0.3, -0.25) is 0 Å². The van der Waals surface area contributed by atoms with E-state index in [9.17, 15) is 0 Å². The van der Waals surface area contributed by atoms with E-state index in [2.05, 4.69) is 67.0 Å². The fourth-order valence-electron chi connectivity index (χ4n) is 2.06. The second-order valence-corrected chi connectivity index (χ2v) is 6.29. The molecule has 0 bridgehead atoms. The van der Waals surface area contributed by atoms with Gasteiger partial charge in [0.05, 0.1) is 0 Å². The van der Waals surface area contributed by atoms with Crippen LogP contribution < -0.4 is 5.32 Å². The molecule has 1 N–H and O–H groups in total. The van der Waals surface area contributed by atoms with E-state index in [-0.39, 0.29) is 5.41 Å². The standard InChI is InChI=1S/C16H21NS/c1-16(2,14-7-4-3-5-8-14)13-17-11-10-15-9-6-12-18-15/h3-9,12,17H,10-11,13H2,1-2H3. The molecule has 2 rings (SSSR count). The first-order valence-electron chi connectivity index (χ1n) is 6.47. The topological polar surface area (TPSA) is 12.0 Å². The molecule has 2 heteroatoms. The van der Waals surface area contributed by atoms with Gasteiger partial charge in [0.15, 0.2) is 0 Å². The molecule has 1 aromatic carbocycles. The van der Waals surface area contributed by atoms with Gasteiger partial charge in [0.2, 0.25) is 0 Å². The molecule has 0 aliphatic rings. The highest BCUT2D eigenvalue weighted by molar-refractivity contribution is 7.09. The second-order valence-electron chi connectivity index (χ2n) is 5.26. The molecule has 0 atom stereocenters. The number of hydrogen-bond acceptors (Lipinski definition) is 2. The van der Waals surface area contributed by atoms with Gasteiger partial charge in [-0.25, -0.2) is 0 Å². The Morgan fingerprint density at radius 3 is 2.50 bits per heavy atom. The number of hydrogen-bond donors (Lipinski definition) is 1. The third-order valence-electron chi connectivity index (χ3n) is 3.25. The maximum Gasteiger partial charge on any atom is 0.00578 e. The Kier molecular flexibility index (Phi) is 4.56. The first kappa shape index (κ1) is 13.3. The van der Waals surface area contributed by atoms with Crippen molar-refractivity contribution in [3.8, 4) is 0 Å². The quantitative estimate of drug-likeness (QED) is 0.777. The Labute approximate surface area is 114 Å². The highest BCUT2D eigenvalue weighted by Gasteiger charge is 2.19. The minimum atomic E-state index is 0.191. The van der Waals surface area contributed by atoms with Gasteiger partial charge in [0, 0.05) is 16.8 Å². The Bertz CT molecular complexity index is 445. The number of nitrogens with one attached hydrogen (secondary N) is 1. The van der Waals surface area contributed by atoms with Gasteiger partial charge in [0.1, 0.15) is 0 Å². The normalized spacial score (nSPS) is 11.7. The highest BCUT2D eigenvalue weighted by atomic mass is 32.1. The lowest BCUT2D eigenvalue weighted by Crippen LogP contribution is -2.33. The molecule has 0 spiro atoms. The van der Waals surface area contributed by atoms with Crippen LogP contribution in [0.2, 0.25) is 0 Å². The first-order valence-corrected chi connectivity index (χ1v) is 7.35. The van der Waals surface area contributed by atoms with Crippen molar-refractivity contribution in [2.45, 2.75) is 25.7 Å². The van der Waals surface area contributed by atoms with E-state index in [1.54, 1.807) is 0 Å². The second kappa shape index (κ2) is 6.17. The molecule has 0 aliphatic carbocycles. The predicted molar refractivity (Wildman–Crippen MR) is 80.4 cm³/mol. The lowest BCUT2D eigenvalue weighted by atomic mass is 9.84. The maximum absolute atomic E-state index is 3.57. The molecule has 0 radical (unpaired) electrons. The molecular formula is C16H21NS. The summed E-state index contributed by atoms with van der Waals surface area (Å²) >= 11 is 1.84. The van der Waals surface area contributed by atoms with Crippen molar-refractivity contribution >= 4 is 11.3 Å². The van der Waals surface area contributed by atoms with Crippen LogP contribution in [0, 0.1) is 0 Å². The third kappa shape index (κ3) is 3.69. The van der Waals surface area contributed by atoms with Crippen LogP contribution in [0.25, 0.3) is 0 Å². The lowest BCUT2D eigenvalue weighted by molar-refractivity contribution is 0.472. The van der Waals surface area contributed by atoms with Crippen molar-refractivity contribution in [1.29, 1.82) is 0 Å². The van der Waals surface area contributed by atoms with Crippen LogP contribution >= 0.6 is 11.3 Å². The molecule has 0 saturated heterocycles. The van der Waals surface area contributed by atoms with Crippen LogP contribution in [0.15, 0.2) is 47.8 Å². The largest absolute Gasteiger partial charge is 0.316 e. The van der Waals surface area contributed by atoms with Crippen LogP contribution in [0.5, 0.6) is 0 Å². The van der Waals surface area contributed by atoms with E-state index in [1.165, 1.54) is 10.4 Å². The maximum atomic E-state index is 3.57. The molecule has 0 fully saturated rings. The summed E-state index contributed by atoms with van der Waals surface area (Å²) in [5.41, 5.74) is 1.59. The average molecular weight is 259 g/mol. The lowest BCUT2D eigenvalue weighted by Gasteiger charge is -2.25. The molecule has 1 nitrogen and oxygen atoms in total. The van der Waals surface area contributed by atoms with Gasteiger partial charge < -0.3 is 5.32 Å². The van der Waals surface area contributed by atoms with E-state index in [0.717, 1.165) is 19.5 Å². The number of rotatable bonds is 6. The van der Waals surface area contributed by atoms with Crippen molar-refractivity contribution in [2.75, 3.05) is 13.1 Å². The molecule has 0 amide bonds. The molecule has 2 aromatic rings. The molecule has 0 unspecified atom stereocenters. The SMILES string of the molecule is CC(C)(CNCCc1cccs1)c1ccccc1. The summed E-state index contributed by atoms with van der Waals surface area (Å²) in [6.45, 7) is 6.65. The van der Waals surface area contributed by atoms with Gasteiger partial charge in [0.25, 0.3) is 0 Å². The van der Waals surface area contributed by atoms with Gasteiger partial charge in [-0.2, -0.15) is 0 Å². The molecule has 0 saturated carbocycles. The minimum Gasteiger partial charge on any atom is -0.316 e. The van der Waals surface area contributed by atoms with Gasteiger partial charge >= 0.3 is 0 Å². The molecule has 18 heavy (non-hydrogen) atoms. The Hall–Kier alpha value is -1.12. The van der Waals surface area contributed by atoms with E-state index in [1.807, 2.05) is 11.3 Å². The van der Waals surface area contributed by atoms with Gasteiger partial charge in [-0.05, 0) is 30.0 Å². The zero-order valence-electron chi connectivity index (χ0n) is 11.1. The zero-order valence-corrected chi connectivity index (χ0v) is 12.0. The fourth-order valence-corrected chi connectivity index (χ4v) is 2.77. The van der Waals surface area contributed by atoms with Crippen molar-refractivity contribution in [1.82, 2.24) is 5.32 Å². The van der Waals surface area contributed by atoms with E-state index in [4.69, 9.17) is 0 Å². The van der Waals surface area contributed by atoms with Crippen molar-refractivity contribution in [2.24, 2.45) is 0 Å². The van der Waals surface area contributed by atoms with Gasteiger partial charge in [-0.1, -0.05) is 50.2 Å². The van der Waals surface area contributed by atoms with E-state index >= 15 is 0 Å². The van der Waals surface area contributed by atoms with Crippen molar-refractivity contribution in [3.63, 3.8) is 0 Å². The molecule has 96 valence electrons. The minimum absolute atomic E-state index is 0.191. The predicted octanol–water partition coefficient (Wildman–Crippen LogP) is 3.86. The average Bonchev–Trinajstić information content (AvgIpc) is 2.89. The first-order chi connectivity index (χ1) is 8.68. The summed E-state index contributed by atoms with van der Waals surface area (Å²) < 4.78 is 0. The zero-order chi connectivity index (χ0) is 12.8. The smallest absolute Gasteiger partial charge is 0.00578 e. The fraction of sp³-hybridized carbons (Fsp3) is 0.375. The van der Waals surface area contributed by atoms with Crippen LogP contribution in [0.3, 0.4) is 0 Å². The van der Waals surface area contributed by atoms with Gasteiger partial charge in [-0.15, -0.1) is 11.3 Å². The summed E-state index contributed by atoms with van der Waals surface area (Å²) in [7, 11) is 0. The Morgan fingerprint density at radius 1 is 1.06 bits per heavy atom.